The Morgan fingerprint density at radius 1 is 0.900 bits per heavy atom. The summed E-state index contributed by atoms with van der Waals surface area (Å²) in [6.07, 6.45) is 0. The molecular formula is C20H14Cl4N2O4. The van der Waals surface area contributed by atoms with Gasteiger partial charge in [-0.1, -0.05) is 46.4 Å². The lowest BCUT2D eigenvalue weighted by Gasteiger charge is -2.07. The Balaban J connectivity index is 1.49. The zero-order valence-corrected chi connectivity index (χ0v) is 18.2. The van der Waals surface area contributed by atoms with E-state index in [1.807, 2.05) is 0 Å². The monoisotopic (exact) mass is 486 g/mol. The number of halogens is 4. The smallest absolute Gasteiger partial charge is 0.287 e. The van der Waals surface area contributed by atoms with Gasteiger partial charge in [0, 0.05) is 10.7 Å². The lowest BCUT2D eigenvalue weighted by molar-refractivity contribution is -0.115. The van der Waals surface area contributed by atoms with Gasteiger partial charge in [0.25, 0.3) is 5.91 Å². The van der Waals surface area contributed by atoms with Crippen LogP contribution in [0.25, 0.3) is 0 Å². The lowest BCUT2D eigenvalue weighted by Crippen LogP contribution is -2.32. The molecule has 3 aromatic rings. The number of ether oxygens (including phenoxy) is 1. The number of amides is 2. The van der Waals surface area contributed by atoms with E-state index in [0.717, 1.165) is 0 Å². The van der Waals surface area contributed by atoms with Gasteiger partial charge in [-0.2, -0.15) is 0 Å². The van der Waals surface area contributed by atoms with E-state index in [1.54, 1.807) is 36.4 Å². The molecule has 3 rings (SSSR count). The van der Waals surface area contributed by atoms with Crippen LogP contribution in [-0.2, 0) is 11.4 Å². The number of carbonyl (C=O) groups excluding carboxylic acids is 2. The molecule has 0 atom stereocenters. The standard InChI is InChI=1S/C20H14Cl4N2O4/c21-11-1-5-17(16(24)7-11)29-10-13-3-6-18(30-13)20(28)25-9-19(27)26-12-2-4-14(22)15(23)8-12/h1-8H,9-10H2,(H,25,28)(H,26,27). The SMILES string of the molecule is O=C(CNC(=O)c1ccc(COc2ccc(Cl)cc2Cl)o1)Nc1ccc(Cl)c(Cl)c1. The molecule has 0 bridgehead atoms. The third-order valence-corrected chi connectivity index (χ3v) is 5.03. The molecule has 0 saturated carbocycles. The van der Waals surface area contributed by atoms with E-state index in [0.29, 0.717) is 37.3 Å². The summed E-state index contributed by atoms with van der Waals surface area (Å²) in [7, 11) is 0. The summed E-state index contributed by atoms with van der Waals surface area (Å²) in [4.78, 5) is 24.2. The van der Waals surface area contributed by atoms with Crippen LogP contribution in [0.1, 0.15) is 16.3 Å². The second-order valence-corrected chi connectivity index (χ2v) is 7.65. The molecule has 2 amide bonds. The summed E-state index contributed by atoms with van der Waals surface area (Å²) in [5.74, 6) is -0.101. The van der Waals surface area contributed by atoms with Crippen LogP contribution in [0.3, 0.4) is 0 Å². The average Bonchev–Trinajstić information content (AvgIpc) is 3.17. The Kier molecular flexibility index (Phi) is 7.50. The average molecular weight is 488 g/mol. The Labute approximate surface area is 192 Å². The van der Waals surface area contributed by atoms with Crippen LogP contribution in [0.15, 0.2) is 52.9 Å². The molecule has 0 aliphatic carbocycles. The molecule has 0 saturated heterocycles. The second kappa shape index (κ2) is 10.1. The molecule has 0 aliphatic rings. The van der Waals surface area contributed by atoms with Crippen LogP contribution in [0.5, 0.6) is 5.75 Å². The first-order valence-corrected chi connectivity index (χ1v) is 10.0. The molecule has 156 valence electrons. The molecule has 0 aliphatic heterocycles. The van der Waals surface area contributed by atoms with Crippen LogP contribution < -0.4 is 15.4 Å². The van der Waals surface area contributed by atoms with E-state index in [9.17, 15) is 9.59 Å². The maximum atomic E-state index is 12.2. The highest BCUT2D eigenvalue weighted by molar-refractivity contribution is 6.42. The van der Waals surface area contributed by atoms with Gasteiger partial charge in [-0.25, -0.2) is 0 Å². The minimum absolute atomic E-state index is 0.0399. The minimum atomic E-state index is -0.546. The summed E-state index contributed by atoms with van der Waals surface area (Å²) < 4.78 is 11.0. The fraction of sp³-hybridized carbons (Fsp3) is 0.100. The third-order valence-electron chi connectivity index (χ3n) is 3.76. The first-order valence-electron chi connectivity index (χ1n) is 8.51. The summed E-state index contributed by atoms with van der Waals surface area (Å²) >= 11 is 23.6. The van der Waals surface area contributed by atoms with Crippen molar-refractivity contribution in [2.75, 3.05) is 11.9 Å². The van der Waals surface area contributed by atoms with Gasteiger partial charge >= 0.3 is 0 Å². The normalized spacial score (nSPS) is 10.5. The largest absolute Gasteiger partial charge is 0.484 e. The van der Waals surface area contributed by atoms with Crippen molar-refractivity contribution in [1.29, 1.82) is 0 Å². The number of rotatable bonds is 7. The van der Waals surface area contributed by atoms with Crippen LogP contribution in [0.4, 0.5) is 5.69 Å². The molecule has 30 heavy (non-hydrogen) atoms. The van der Waals surface area contributed by atoms with Gasteiger partial charge in [0.2, 0.25) is 5.91 Å². The highest BCUT2D eigenvalue weighted by Gasteiger charge is 2.14. The fourth-order valence-electron chi connectivity index (χ4n) is 2.35. The number of nitrogens with one attached hydrogen (secondary N) is 2. The molecule has 10 heteroatoms. The molecule has 6 nitrogen and oxygen atoms in total. The summed E-state index contributed by atoms with van der Waals surface area (Å²) in [5, 5.41) is 6.60. The summed E-state index contributed by atoms with van der Waals surface area (Å²) in [6, 6.07) is 12.6. The molecule has 0 radical (unpaired) electrons. The molecule has 1 aromatic heterocycles. The summed E-state index contributed by atoms with van der Waals surface area (Å²) in [5.41, 5.74) is 0.460. The van der Waals surface area contributed by atoms with Crippen molar-refractivity contribution < 1.29 is 18.7 Å². The van der Waals surface area contributed by atoms with Crippen molar-refractivity contribution >= 4 is 63.9 Å². The van der Waals surface area contributed by atoms with Crippen molar-refractivity contribution in [3.8, 4) is 5.75 Å². The highest BCUT2D eigenvalue weighted by atomic mass is 35.5. The van der Waals surface area contributed by atoms with E-state index in [-0.39, 0.29) is 18.9 Å². The maximum Gasteiger partial charge on any atom is 0.287 e. The molecule has 0 spiro atoms. The zero-order valence-electron chi connectivity index (χ0n) is 15.2. The Bertz CT molecular complexity index is 1080. The van der Waals surface area contributed by atoms with Crippen molar-refractivity contribution in [2.45, 2.75) is 6.61 Å². The predicted molar refractivity (Wildman–Crippen MR) is 117 cm³/mol. The number of furan rings is 1. The van der Waals surface area contributed by atoms with E-state index < -0.39 is 11.8 Å². The number of benzene rings is 2. The first kappa shape index (κ1) is 22.3. The predicted octanol–water partition coefficient (Wildman–Crippen LogP) is 5.84. The molecule has 1 heterocycles. The number of hydrogen-bond acceptors (Lipinski definition) is 4. The van der Waals surface area contributed by atoms with Gasteiger partial charge in [0.1, 0.15) is 18.1 Å². The van der Waals surface area contributed by atoms with Gasteiger partial charge in [-0.15, -0.1) is 0 Å². The van der Waals surface area contributed by atoms with Crippen LogP contribution >= 0.6 is 46.4 Å². The van der Waals surface area contributed by atoms with E-state index in [2.05, 4.69) is 10.6 Å². The van der Waals surface area contributed by atoms with Gasteiger partial charge < -0.3 is 19.8 Å². The Hall–Kier alpha value is -2.38. The third kappa shape index (κ3) is 6.06. The number of carbonyl (C=O) groups is 2. The summed E-state index contributed by atoms with van der Waals surface area (Å²) in [6.45, 7) is -0.196. The number of anilines is 1. The molecular weight excluding hydrogens is 474 g/mol. The number of hydrogen-bond donors (Lipinski definition) is 2. The molecule has 0 fully saturated rings. The van der Waals surface area contributed by atoms with Crippen LogP contribution in [0.2, 0.25) is 20.1 Å². The topological polar surface area (TPSA) is 80.6 Å². The highest BCUT2D eigenvalue weighted by Crippen LogP contribution is 2.28. The molecule has 0 unspecified atom stereocenters. The van der Waals surface area contributed by atoms with Crippen LogP contribution in [0, 0.1) is 0 Å². The lowest BCUT2D eigenvalue weighted by atomic mass is 10.3. The molecule has 2 aromatic carbocycles. The van der Waals surface area contributed by atoms with Crippen molar-refractivity contribution in [2.24, 2.45) is 0 Å². The second-order valence-electron chi connectivity index (χ2n) is 5.99. The van der Waals surface area contributed by atoms with Crippen molar-refractivity contribution in [3.63, 3.8) is 0 Å². The van der Waals surface area contributed by atoms with E-state index in [1.165, 1.54) is 12.1 Å². The van der Waals surface area contributed by atoms with Crippen LogP contribution in [-0.4, -0.2) is 18.4 Å². The van der Waals surface area contributed by atoms with Gasteiger partial charge in [0.05, 0.1) is 21.6 Å². The van der Waals surface area contributed by atoms with Crippen molar-refractivity contribution in [3.05, 3.63) is 80.1 Å². The van der Waals surface area contributed by atoms with Gasteiger partial charge in [0.15, 0.2) is 5.76 Å². The van der Waals surface area contributed by atoms with E-state index >= 15 is 0 Å². The maximum absolute atomic E-state index is 12.2. The zero-order chi connectivity index (χ0) is 21.7. The van der Waals surface area contributed by atoms with Crippen molar-refractivity contribution in [1.82, 2.24) is 5.32 Å². The quantitative estimate of drug-likeness (QED) is 0.438. The van der Waals surface area contributed by atoms with Gasteiger partial charge in [-0.05, 0) is 48.5 Å². The molecule has 2 N–H and O–H groups in total. The minimum Gasteiger partial charge on any atom is -0.484 e. The van der Waals surface area contributed by atoms with E-state index in [4.69, 9.17) is 55.6 Å². The first-order chi connectivity index (χ1) is 14.3. The fourth-order valence-corrected chi connectivity index (χ4v) is 3.11. The van der Waals surface area contributed by atoms with Gasteiger partial charge in [-0.3, -0.25) is 9.59 Å². The Morgan fingerprint density at radius 2 is 1.70 bits per heavy atom. The Morgan fingerprint density at radius 3 is 2.43 bits per heavy atom.